The molecular formula is C26H28N4S. The van der Waals surface area contributed by atoms with Crippen molar-refractivity contribution in [1.82, 2.24) is 10.3 Å². The van der Waals surface area contributed by atoms with Crippen LogP contribution in [0, 0.1) is 6.92 Å². The Labute approximate surface area is 190 Å². The normalized spacial score (nSPS) is 15.5. The average molecular weight is 429 g/mol. The summed E-state index contributed by atoms with van der Waals surface area (Å²) in [4.78, 5) is 2.11. The highest BCUT2D eigenvalue weighted by Gasteiger charge is 2.31. The van der Waals surface area contributed by atoms with Gasteiger partial charge in [0, 0.05) is 32.7 Å². The molecule has 0 fully saturated rings. The molecule has 0 bridgehead atoms. The number of anilines is 1. The van der Waals surface area contributed by atoms with Gasteiger partial charge in [-0.2, -0.15) is 5.10 Å². The third-order valence-electron chi connectivity index (χ3n) is 5.56. The molecule has 1 heterocycles. The zero-order chi connectivity index (χ0) is 21.8. The number of rotatable bonds is 5. The van der Waals surface area contributed by atoms with Gasteiger partial charge in [-0.15, -0.1) is 0 Å². The maximum atomic E-state index is 5.79. The number of aryl methyl sites for hydroxylation is 1. The molecule has 0 amide bonds. The van der Waals surface area contributed by atoms with Gasteiger partial charge in [0.1, 0.15) is 0 Å². The van der Waals surface area contributed by atoms with Crippen molar-refractivity contribution in [3.05, 3.63) is 101 Å². The average Bonchev–Trinajstić information content (AvgIpc) is 3.24. The predicted octanol–water partition coefficient (Wildman–Crippen LogP) is 5.29. The van der Waals surface area contributed by atoms with Crippen molar-refractivity contribution in [2.75, 3.05) is 19.0 Å². The van der Waals surface area contributed by atoms with E-state index in [1.807, 2.05) is 23.2 Å². The summed E-state index contributed by atoms with van der Waals surface area (Å²) in [6.45, 7) is 2.79. The fourth-order valence-electron chi connectivity index (χ4n) is 3.74. The Hall–Kier alpha value is -3.18. The highest BCUT2D eigenvalue weighted by molar-refractivity contribution is 7.80. The molecule has 0 saturated carbocycles. The highest BCUT2D eigenvalue weighted by atomic mass is 32.1. The molecule has 5 heteroatoms. The minimum atomic E-state index is 0.0781. The van der Waals surface area contributed by atoms with Crippen LogP contribution in [0.4, 0.5) is 5.69 Å². The number of hydrogen-bond acceptors (Lipinski definition) is 3. The molecule has 31 heavy (non-hydrogen) atoms. The summed E-state index contributed by atoms with van der Waals surface area (Å²) in [6, 6.07) is 27.6. The Balaban J connectivity index is 1.61. The van der Waals surface area contributed by atoms with Crippen molar-refractivity contribution in [1.29, 1.82) is 0 Å². The molecule has 3 aromatic rings. The first-order valence-corrected chi connectivity index (χ1v) is 10.9. The van der Waals surface area contributed by atoms with Gasteiger partial charge in [-0.05, 0) is 48.0 Å². The van der Waals surface area contributed by atoms with Crippen molar-refractivity contribution < 1.29 is 0 Å². The van der Waals surface area contributed by atoms with Crippen LogP contribution >= 0.6 is 12.2 Å². The van der Waals surface area contributed by atoms with Crippen LogP contribution in [0.2, 0.25) is 0 Å². The van der Waals surface area contributed by atoms with Gasteiger partial charge in [0.15, 0.2) is 5.11 Å². The van der Waals surface area contributed by atoms with Crippen LogP contribution in [-0.2, 0) is 6.54 Å². The van der Waals surface area contributed by atoms with Gasteiger partial charge in [0.2, 0.25) is 0 Å². The quantitative estimate of drug-likeness (QED) is 0.560. The molecule has 0 saturated heterocycles. The fraction of sp³-hybridized carbons (Fsp3) is 0.231. The fourth-order valence-corrected chi connectivity index (χ4v) is 3.98. The van der Waals surface area contributed by atoms with E-state index in [1.165, 1.54) is 16.7 Å². The standard InChI is InChI=1S/C26H28N4S/c1-19-12-14-21(15-13-19)25-17-24(22-10-7-11-23(16-22)29(2)3)28-30(25)26(31)27-18-20-8-5-4-6-9-20/h4-16,25H,17-18H2,1-3H3,(H,27,31)/t25-/m0/s1. The summed E-state index contributed by atoms with van der Waals surface area (Å²) < 4.78 is 0. The van der Waals surface area contributed by atoms with E-state index in [0.717, 1.165) is 23.4 Å². The summed E-state index contributed by atoms with van der Waals surface area (Å²) in [5.41, 5.74) is 7.01. The maximum Gasteiger partial charge on any atom is 0.190 e. The number of nitrogens with zero attached hydrogens (tertiary/aromatic N) is 3. The number of nitrogens with one attached hydrogen (secondary N) is 1. The molecule has 3 aromatic carbocycles. The molecule has 0 aromatic heterocycles. The summed E-state index contributed by atoms with van der Waals surface area (Å²) in [7, 11) is 4.11. The lowest BCUT2D eigenvalue weighted by Crippen LogP contribution is -2.36. The number of hydrogen-bond donors (Lipinski definition) is 1. The molecule has 1 atom stereocenters. The van der Waals surface area contributed by atoms with Crippen LogP contribution < -0.4 is 10.2 Å². The van der Waals surface area contributed by atoms with Crippen LogP contribution in [0.15, 0.2) is 84.0 Å². The van der Waals surface area contributed by atoms with Crippen molar-refractivity contribution >= 4 is 28.7 Å². The molecule has 1 N–H and O–H groups in total. The number of thiocarbonyl (C=S) groups is 1. The van der Waals surface area contributed by atoms with Crippen LogP contribution in [0.3, 0.4) is 0 Å². The Morgan fingerprint density at radius 2 is 1.77 bits per heavy atom. The van der Waals surface area contributed by atoms with Crippen LogP contribution in [-0.4, -0.2) is 29.9 Å². The van der Waals surface area contributed by atoms with Crippen molar-refractivity contribution in [3.63, 3.8) is 0 Å². The van der Waals surface area contributed by atoms with Crippen molar-refractivity contribution in [2.24, 2.45) is 5.10 Å². The molecule has 1 aliphatic rings. The van der Waals surface area contributed by atoms with E-state index in [9.17, 15) is 0 Å². The maximum absolute atomic E-state index is 5.79. The van der Waals surface area contributed by atoms with E-state index in [1.54, 1.807) is 0 Å². The third-order valence-corrected chi connectivity index (χ3v) is 5.89. The zero-order valence-corrected chi connectivity index (χ0v) is 19.1. The van der Waals surface area contributed by atoms with E-state index in [0.29, 0.717) is 11.7 Å². The first-order valence-electron chi connectivity index (χ1n) is 10.5. The summed E-state index contributed by atoms with van der Waals surface area (Å²) in [6.07, 6.45) is 0.813. The topological polar surface area (TPSA) is 30.9 Å². The Morgan fingerprint density at radius 3 is 2.48 bits per heavy atom. The Morgan fingerprint density at radius 1 is 1.03 bits per heavy atom. The number of hydrazone groups is 1. The van der Waals surface area contributed by atoms with E-state index >= 15 is 0 Å². The first kappa shape index (κ1) is 21.1. The Bertz CT molecular complexity index is 1070. The van der Waals surface area contributed by atoms with Gasteiger partial charge in [0.25, 0.3) is 0 Å². The molecule has 0 radical (unpaired) electrons. The second-order valence-electron chi connectivity index (χ2n) is 8.11. The second kappa shape index (κ2) is 9.31. The van der Waals surface area contributed by atoms with Gasteiger partial charge in [0.05, 0.1) is 11.8 Å². The predicted molar refractivity (Wildman–Crippen MR) is 134 cm³/mol. The van der Waals surface area contributed by atoms with Crippen LogP contribution in [0.1, 0.15) is 34.7 Å². The summed E-state index contributed by atoms with van der Waals surface area (Å²) in [5.74, 6) is 0. The highest BCUT2D eigenvalue weighted by Crippen LogP contribution is 2.33. The molecule has 4 nitrogen and oxygen atoms in total. The van der Waals surface area contributed by atoms with E-state index < -0.39 is 0 Å². The SMILES string of the molecule is Cc1ccc([C@@H]2CC(c3cccc(N(C)C)c3)=NN2C(=S)NCc2ccccc2)cc1. The molecule has 4 rings (SSSR count). The molecule has 1 aliphatic heterocycles. The van der Waals surface area contributed by atoms with Crippen LogP contribution in [0.5, 0.6) is 0 Å². The van der Waals surface area contributed by atoms with Gasteiger partial charge in [-0.1, -0.05) is 72.3 Å². The van der Waals surface area contributed by atoms with Crippen LogP contribution in [0.25, 0.3) is 0 Å². The minimum absolute atomic E-state index is 0.0781. The molecule has 0 unspecified atom stereocenters. The summed E-state index contributed by atoms with van der Waals surface area (Å²) in [5, 5.41) is 11.0. The van der Waals surface area contributed by atoms with Gasteiger partial charge in [-0.25, -0.2) is 5.01 Å². The summed E-state index contributed by atoms with van der Waals surface area (Å²) >= 11 is 5.79. The first-order chi connectivity index (χ1) is 15.0. The lowest BCUT2D eigenvalue weighted by molar-refractivity contribution is 0.364. The second-order valence-corrected chi connectivity index (χ2v) is 8.50. The zero-order valence-electron chi connectivity index (χ0n) is 18.2. The number of benzene rings is 3. The van der Waals surface area contributed by atoms with Gasteiger partial charge < -0.3 is 10.2 Å². The molecule has 0 aliphatic carbocycles. The molecular weight excluding hydrogens is 400 g/mol. The van der Waals surface area contributed by atoms with Crippen molar-refractivity contribution in [3.8, 4) is 0 Å². The smallest absolute Gasteiger partial charge is 0.190 e. The Kier molecular flexibility index (Phi) is 6.33. The molecule has 0 spiro atoms. The van der Waals surface area contributed by atoms with E-state index in [2.05, 4.69) is 91.9 Å². The van der Waals surface area contributed by atoms with Crippen molar-refractivity contribution in [2.45, 2.75) is 25.9 Å². The van der Waals surface area contributed by atoms with E-state index in [-0.39, 0.29) is 6.04 Å². The monoisotopic (exact) mass is 428 g/mol. The lowest BCUT2D eigenvalue weighted by atomic mass is 9.97. The largest absolute Gasteiger partial charge is 0.378 e. The van der Waals surface area contributed by atoms with E-state index in [4.69, 9.17) is 17.3 Å². The van der Waals surface area contributed by atoms with Gasteiger partial charge >= 0.3 is 0 Å². The molecule has 158 valence electrons. The third kappa shape index (κ3) is 4.94. The lowest BCUT2D eigenvalue weighted by Gasteiger charge is -2.25. The van der Waals surface area contributed by atoms with Gasteiger partial charge in [-0.3, -0.25) is 0 Å². The minimum Gasteiger partial charge on any atom is -0.378 e.